The van der Waals surface area contributed by atoms with Gasteiger partial charge in [-0.2, -0.15) is 0 Å². The SMILES string of the molecule is Fc1ccc(Br)c(-c2nc(=S)c3c([nH]2)CCC3)c1. The van der Waals surface area contributed by atoms with Crippen LogP contribution in [0.2, 0.25) is 0 Å². The standard InChI is InChI=1S/C13H10BrFN2S/c14-10-5-4-7(15)6-9(10)12-16-11-3-1-2-8(11)13(18)17-12/h4-6H,1-3H2,(H,16,17,18). The van der Waals surface area contributed by atoms with Crippen LogP contribution in [0.4, 0.5) is 4.39 Å². The van der Waals surface area contributed by atoms with Gasteiger partial charge in [0.1, 0.15) is 16.3 Å². The predicted molar refractivity (Wildman–Crippen MR) is 74.5 cm³/mol. The highest BCUT2D eigenvalue weighted by molar-refractivity contribution is 9.10. The fourth-order valence-corrected chi connectivity index (χ4v) is 3.02. The van der Waals surface area contributed by atoms with Crippen molar-refractivity contribution in [2.24, 2.45) is 0 Å². The molecule has 0 saturated heterocycles. The van der Waals surface area contributed by atoms with E-state index in [1.165, 1.54) is 12.1 Å². The number of aryl methyl sites for hydroxylation is 1. The highest BCUT2D eigenvalue weighted by atomic mass is 79.9. The first-order valence-electron chi connectivity index (χ1n) is 5.72. The molecule has 5 heteroatoms. The lowest BCUT2D eigenvalue weighted by Gasteiger charge is -2.07. The minimum absolute atomic E-state index is 0.283. The van der Waals surface area contributed by atoms with Crippen molar-refractivity contribution in [3.63, 3.8) is 0 Å². The van der Waals surface area contributed by atoms with Crippen LogP contribution >= 0.6 is 28.1 Å². The van der Waals surface area contributed by atoms with E-state index >= 15 is 0 Å². The highest BCUT2D eigenvalue weighted by Gasteiger charge is 2.16. The second kappa shape index (κ2) is 4.55. The molecule has 92 valence electrons. The summed E-state index contributed by atoms with van der Waals surface area (Å²) in [5.74, 6) is 0.349. The Hall–Kier alpha value is -1.07. The molecule has 0 atom stereocenters. The van der Waals surface area contributed by atoms with Crippen molar-refractivity contribution in [2.45, 2.75) is 19.3 Å². The van der Waals surface area contributed by atoms with Gasteiger partial charge in [0.15, 0.2) is 0 Å². The van der Waals surface area contributed by atoms with Gasteiger partial charge < -0.3 is 4.98 Å². The fourth-order valence-electron chi connectivity index (χ4n) is 2.26. The third-order valence-electron chi connectivity index (χ3n) is 3.14. The van der Waals surface area contributed by atoms with E-state index in [0.29, 0.717) is 16.0 Å². The van der Waals surface area contributed by atoms with Gasteiger partial charge in [0.25, 0.3) is 0 Å². The molecule has 1 aromatic heterocycles. The molecular weight excluding hydrogens is 315 g/mol. The Labute approximate surface area is 117 Å². The molecule has 0 unspecified atom stereocenters. The molecule has 1 aromatic carbocycles. The van der Waals surface area contributed by atoms with Crippen molar-refractivity contribution in [3.05, 3.63) is 44.4 Å². The van der Waals surface area contributed by atoms with E-state index in [1.807, 2.05) is 0 Å². The summed E-state index contributed by atoms with van der Waals surface area (Å²) in [5, 5.41) is 0. The number of H-pyrrole nitrogens is 1. The second-order valence-electron chi connectivity index (χ2n) is 4.33. The number of rotatable bonds is 1. The van der Waals surface area contributed by atoms with Crippen LogP contribution in [0, 0.1) is 10.5 Å². The Kier molecular flexibility index (Phi) is 3.03. The Bertz CT molecular complexity index is 681. The first-order chi connectivity index (χ1) is 8.65. The summed E-state index contributed by atoms with van der Waals surface area (Å²) < 4.78 is 14.8. The molecule has 0 saturated carbocycles. The van der Waals surface area contributed by atoms with E-state index in [2.05, 4.69) is 25.9 Å². The van der Waals surface area contributed by atoms with E-state index < -0.39 is 0 Å². The Balaban J connectivity index is 2.21. The maximum Gasteiger partial charge on any atom is 0.140 e. The molecule has 18 heavy (non-hydrogen) atoms. The Morgan fingerprint density at radius 3 is 3.00 bits per heavy atom. The summed E-state index contributed by atoms with van der Waals surface area (Å²) in [6, 6.07) is 4.55. The van der Waals surface area contributed by atoms with Crippen molar-refractivity contribution in [2.75, 3.05) is 0 Å². The molecule has 2 aromatic rings. The van der Waals surface area contributed by atoms with Crippen LogP contribution in [0.1, 0.15) is 17.7 Å². The summed E-state index contributed by atoms with van der Waals surface area (Å²) >= 11 is 8.71. The first kappa shape index (κ1) is 12.0. The normalized spacial score (nSPS) is 13.7. The second-order valence-corrected chi connectivity index (χ2v) is 5.57. The monoisotopic (exact) mass is 324 g/mol. The number of hydrogen-bond donors (Lipinski definition) is 1. The number of halogens is 2. The molecule has 0 bridgehead atoms. The van der Waals surface area contributed by atoms with Crippen LogP contribution in [0.5, 0.6) is 0 Å². The number of benzene rings is 1. The van der Waals surface area contributed by atoms with Gasteiger partial charge in [-0.25, -0.2) is 9.37 Å². The summed E-state index contributed by atoms with van der Waals surface area (Å²) in [6.45, 7) is 0. The number of aromatic nitrogens is 2. The van der Waals surface area contributed by atoms with Crippen LogP contribution in [-0.4, -0.2) is 9.97 Å². The van der Waals surface area contributed by atoms with Crippen molar-refractivity contribution >= 4 is 28.1 Å². The number of hydrogen-bond acceptors (Lipinski definition) is 2. The largest absolute Gasteiger partial charge is 0.343 e. The smallest absolute Gasteiger partial charge is 0.140 e. The molecule has 2 nitrogen and oxygen atoms in total. The lowest BCUT2D eigenvalue weighted by atomic mass is 10.2. The molecule has 0 spiro atoms. The van der Waals surface area contributed by atoms with Gasteiger partial charge in [-0.3, -0.25) is 0 Å². The van der Waals surface area contributed by atoms with Gasteiger partial charge in [-0.05, 0) is 37.5 Å². The molecule has 0 radical (unpaired) electrons. The van der Waals surface area contributed by atoms with E-state index in [0.717, 1.165) is 35.0 Å². The van der Waals surface area contributed by atoms with Gasteiger partial charge in [-0.15, -0.1) is 0 Å². The molecule has 1 N–H and O–H groups in total. The van der Waals surface area contributed by atoms with Crippen molar-refractivity contribution < 1.29 is 4.39 Å². The van der Waals surface area contributed by atoms with E-state index in [9.17, 15) is 4.39 Å². The van der Waals surface area contributed by atoms with Gasteiger partial charge in [0, 0.05) is 21.3 Å². The average molecular weight is 325 g/mol. The third-order valence-corrected chi connectivity index (χ3v) is 4.17. The molecule has 1 aliphatic rings. The quantitative estimate of drug-likeness (QED) is 0.796. The van der Waals surface area contributed by atoms with Gasteiger partial charge in [-0.1, -0.05) is 28.1 Å². The minimum atomic E-state index is -0.283. The minimum Gasteiger partial charge on any atom is -0.343 e. The fraction of sp³-hybridized carbons (Fsp3) is 0.231. The molecular formula is C13H10BrFN2S. The zero-order valence-electron chi connectivity index (χ0n) is 9.46. The van der Waals surface area contributed by atoms with Crippen LogP contribution in [0.25, 0.3) is 11.4 Å². The van der Waals surface area contributed by atoms with Crippen molar-refractivity contribution in [3.8, 4) is 11.4 Å². The van der Waals surface area contributed by atoms with E-state index in [1.54, 1.807) is 6.07 Å². The van der Waals surface area contributed by atoms with Gasteiger partial charge in [0.2, 0.25) is 0 Å². The molecule has 3 rings (SSSR count). The average Bonchev–Trinajstić information content (AvgIpc) is 2.81. The zero-order chi connectivity index (χ0) is 12.7. The Morgan fingerprint density at radius 2 is 2.17 bits per heavy atom. The number of nitrogens with one attached hydrogen (secondary N) is 1. The molecule has 1 aliphatic carbocycles. The first-order valence-corrected chi connectivity index (χ1v) is 6.93. The maximum atomic E-state index is 13.3. The lowest BCUT2D eigenvalue weighted by Crippen LogP contribution is -1.98. The number of aromatic amines is 1. The predicted octanol–water partition coefficient (Wildman–Crippen LogP) is 4.20. The molecule has 0 fully saturated rings. The Morgan fingerprint density at radius 1 is 1.33 bits per heavy atom. The lowest BCUT2D eigenvalue weighted by molar-refractivity contribution is 0.628. The van der Waals surface area contributed by atoms with Crippen LogP contribution in [-0.2, 0) is 12.8 Å². The summed E-state index contributed by atoms with van der Waals surface area (Å²) in [6.07, 6.45) is 3.08. The van der Waals surface area contributed by atoms with Crippen molar-refractivity contribution in [1.82, 2.24) is 9.97 Å². The molecule has 1 heterocycles. The summed E-state index contributed by atoms with van der Waals surface area (Å²) in [4.78, 5) is 7.66. The third kappa shape index (κ3) is 2.01. The van der Waals surface area contributed by atoms with Gasteiger partial charge >= 0.3 is 0 Å². The van der Waals surface area contributed by atoms with Crippen LogP contribution < -0.4 is 0 Å². The zero-order valence-corrected chi connectivity index (χ0v) is 11.9. The topological polar surface area (TPSA) is 28.7 Å². The van der Waals surface area contributed by atoms with Crippen molar-refractivity contribution in [1.29, 1.82) is 0 Å². The highest BCUT2D eigenvalue weighted by Crippen LogP contribution is 2.29. The molecule has 0 amide bonds. The molecule has 0 aliphatic heterocycles. The van der Waals surface area contributed by atoms with Crippen LogP contribution in [0.3, 0.4) is 0 Å². The number of nitrogens with zero attached hydrogens (tertiary/aromatic N) is 1. The van der Waals surface area contributed by atoms with Crippen LogP contribution in [0.15, 0.2) is 22.7 Å². The van der Waals surface area contributed by atoms with E-state index in [4.69, 9.17) is 12.2 Å². The summed E-state index contributed by atoms with van der Waals surface area (Å²) in [7, 11) is 0. The summed E-state index contributed by atoms with van der Waals surface area (Å²) in [5.41, 5.74) is 2.98. The number of fused-ring (bicyclic) bond motifs is 1. The maximum absolute atomic E-state index is 13.3. The van der Waals surface area contributed by atoms with Gasteiger partial charge in [0.05, 0.1) is 0 Å². The van der Waals surface area contributed by atoms with E-state index in [-0.39, 0.29) is 5.82 Å².